The molecule has 0 spiro atoms. The zero-order valence-corrected chi connectivity index (χ0v) is 16.0. The fraction of sp³-hybridized carbons (Fsp3) is 0.529. The van der Waals surface area contributed by atoms with Crippen molar-refractivity contribution in [3.8, 4) is 5.75 Å². The molecule has 10 heteroatoms. The molecule has 0 N–H and O–H groups in total. The van der Waals surface area contributed by atoms with Crippen molar-refractivity contribution in [1.29, 1.82) is 0 Å². The van der Waals surface area contributed by atoms with Gasteiger partial charge in [0.1, 0.15) is 17.4 Å². The van der Waals surface area contributed by atoms with Crippen molar-refractivity contribution in [2.45, 2.75) is 38.8 Å². The molecule has 1 aromatic carbocycles. The summed E-state index contributed by atoms with van der Waals surface area (Å²) in [4.78, 5) is 24.9. The van der Waals surface area contributed by atoms with Crippen molar-refractivity contribution < 1.29 is 36.7 Å². The number of esters is 1. The zero-order chi connectivity index (χ0) is 20.8. The minimum absolute atomic E-state index is 0.165. The van der Waals surface area contributed by atoms with E-state index in [1.807, 2.05) is 0 Å². The average Bonchev–Trinajstić information content (AvgIpc) is 2.55. The average molecular weight is 390 g/mol. The van der Waals surface area contributed by atoms with Crippen LogP contribution < -0.4 is 4.74 Å². The fourth-order valence-corrected chi connectivity index (χ4v) is 2.31. The van der Waals surface area contributed by atoms with Gasteiger partial charge in [-0.15, -0.1) is 0 Å². The molecule has 0 fully saturated rings. The van der Waals surface area contributed by atoms with Crippen LogP contribution in [0.25, 0.3) is 0 Å². The van der Waals surface area contributed by atoms with Crippen LogP contribution in [0.2, 0.25) is 0 Å². The molecule has 0 bridgehead atoms. The van der Waals surface area contributed by atoms with Gasteiger partial charge in [-0.1, -0.05) is 12.1 Å². The van der Waals surface area contributed by atoms with E-state index in [9.17, 15) is 22.5 Å². The lowest BCUT2D eigenvalue weighted by Gasteiger charge is -2.35. The monoisotopic (exact) mass is 390 g/mol. The number of halogens is 3. The highest BCUT2D eigenvalue weighted by Crippen LogP contribution is 2.21. The van der Waals surface area contributed by atoms with Crippen molar-refractivity contribution in [3.05, 3.63) is 29.8 Å². The minimum Gasteiger partial charge on any atom is -0.497 e. The summed E-state index contributed by atoms with van der Waals surface area (Å²) < 4.78 is 54.0. The number of benzene rings is 1. The van der Waals surface area contributed by atoms with E-state index in [-0.39, 0.29) is 6.42 Å². The molecule has 0 heterocycles. The highest BCUT2D eigenvalue weighted by molar-refractivity contribution is 6.58. The van der Waals surface area contributed by atoms with E-state index in [2.05, 4.69) is 4.74 Å². The third kappa shape index (κ3) is 7.80. The van der Waals surface area contributed by atoms with Gasteiger partial charge in [-0.25, -0.2) is 9.59 Å². The number of rotatable bonds is 7. The van der Waals surface area contributed by atoms with E-state index in [1.54, 1.807) is 24.3 Å². The van der Waals surface area contributed by atoms with Crippen LogP contribution in [-0.4, -0.2) is 56.2 Å². The second-order valence-electron chi connectivity index (χ2n) is 6.93. The summed E-state index contributed by atoms with van der Waals surface area (Å²) >= 11 is 0. The van der Waals surface area contributed by atoms with Crippen LogP contribution in [0.5, 0.6) is 5.75 Å². The highest BCUT2D eigenvalue weighted by atomic mass is 19.4. The molecule has 0 saturated heterocycles. The second kappa shape index (κ2) is 9.01. The van der Waals surface area contributed by atoms with Crippen LogP contribution in [0.4, 0.5) is 17.7 Å². The van der Waals surface area contributed by atoms with E-state index < -0.39 is 37.1 Å². The Morgan fingerprint density at radius 1 is 1.11 bits per heavy atom. The first-order valence-corrected chi connectivity index (χ1v) is 8.27. The van der Waals surface area contributed by atoms with Crippen molar-refractivity contribution in [2.75, 3.05) is 20.7 Å². The lowest BCUT2D eigenvalue weighted by atomic mass is 9.89. The smallest absolute Gasteiger partial charge is 0.497 e. The van der Waals surface area contributed by atoms with E-state index in [0.717, 1.165) is 7.11 Å². The van der Waals surface area contributed by atoms with E-state index >= 15 is 0 Å². The Morgan fingerprint density at radius 2 is 1.67 bits per heavy atom. The zero-order valence-electron chi connectivity index (χ0n) is 16.0. The summed E-state index contributed by atoms with van der Waals surface area (Å²) in [5.41, 5.74) is -0.483. The van der Waals surface area contributed by atoms with E-state index in [0.29, 0.717) is 16.2 Å². The van der Waals surface area contributed by atoms with Gasteiger partial charge in [-0.2, -0.15) is 0 Å². The first kappa shape index (κ1) is 22.7. The fourth-order valence-electron chi connectivity index (χ4n) is 2.31. The van der Waals surface area contributed by atoms with Crippen molar-refractivity contribution in [2.24, 2.45) is 0 Å². The van der Waals surface area contributed by atoms with Gasteiger partial charge in [0, 0.05) is 6.42 Å². The number of nitrogens with zero attached hydrogens (tertiary/aromatic N) is 1. The number of hydrogen-bond acceptors (Lipinski definition) is 5. The molecule has 0 aliphatic carbocycles. The van der Waals surface area contributed by atoms with Gasteiger partial charge >= 0.3 is 19.0 Å². The number of hydrogen-bond donors (Lipinski definition) is 0. The molecule has 27 heavy (non-hydrogen) atoms. The summed E-state index contributed by atoms with van der Waals surface area (Å²) in [7, 11) is 2.53. The van der Waals surface area contributed by atoms with Gasteiger partial charge in [0.15, 0.2) is 0 Å². The third-order valence-electron chi connectivity index (χ3n) is 3.47. The Kier molecular flexibility index (Phi) is 7.56. The van der Waals surface area contributed by atoms with Gasteiger partial charge in [0.05, 0.1) is 14.2 Å². The maximum Gasteiger partial charge on any atom is 0.497 e. The Bertz CT molecular complexity index is 643. The van der Waals surface area contributed by atoms with Gasteiger partial charge in [0.2, 0.25) is 0 Å². The third-order valence-corrected chi connectivity index (χ3v) is 3.47. The molecule has 0 aliphatic rings. The summed E-state index contributed by atoms with van der Waals surface area (Å²) in [6.07, 6.45) is -2.97. The standard InChI is InChI=1S/C17H24BF3NO5/c1-17(2,3)27-16(24)22(11-18(19,20)21)14(15(23)26-5)10-12-6-8-13(25-4)9-7-12/h6-9,14H,10-11H2,1-5H3/q-1/t14-/m0/s1. The van der Waals surface area contributed by atoms with Crippen molar-refractivity contribution in [3.63, 3.8) is 0 Å². The molecule has 0 saturated carbocycles. The molecule has 0 aliphatic heterocycles. The van der Waals surface area contributed by atoms with Crippen molar-refractivity contribution >= 4 is 19.0 Å². The molecule has 1 rings (SSSR count). The number of ether oxygens (including phenoxy) is 3. The van der Waals surface area contributed by atoms with Crippen LogP contribution in [0.1, 0.15) is 26.3 Å². The number of carbonyl (C=O) groups excluding carboxylic acids is 2. The molecule has 1 atom stereocenters. The van der Waals surface area contributed by atoms with Gasteiger partial charge in [0.25, 0.3) is 0 Å². The lowest BCUT2D eigenvalue weighted by molar-refractivity contribution is -0.146. The maximum absolute atomic E-state index is 13.1. The van der Waals surface area contributed by atoms with Gasteiger partial charge in [-0.3, -0.25) is 0 Å². The van der Waals surface area contributed by atoms with E-state index in [4.69, 9.17) is 9.47 Å². The first-order valence-electron chi connectivity index (χ1n) is 8.27. The number of methoxy groups -OCH3 is 2. The highest BCUT2D eigenvalue weighted by Gasteiger charge is 2.39. The second-order valence-corrected chi connectivity index (χ2v) is 6.93. The molecule has 6 nitrogen and oxygen atoms in total. The quantitative estimate of drug-likeness (QED) is 0.528. The van der Waals surface area contributed by atoms with Crippen LogP contribution in [-0.2, 0) is 20.7 Å². The maximum atomic E-state index is 13.1. The Labute approximate surface area is 156 Å². The Balaban J connectivity index is 3.20. The Morgan fingerprint density at radius 3 is 2.07 bits per heavy atom. The van der Waals surface area contributed by atoms with Gasteiger partial charge in [-0.05, 0) is 44.9 Å². The first-order chi connectivity index (χ1) is 12.4. The largest absolute Gasteiger partial charge is 0.497 e. The summed E-state index contributed by atoms with van der Waals surface area (Å²) in [5.74, 6) is -0.410. The molecule has 0 radical (unpaired) electrons. The number of carbonyl (C=O) groups is 2. The van der Waals surface area contributed by atoms with Crippen LogP contribution in [0.15, 0.2) is 24.3 Å². The predicted molar refractivity (Wildman–Crippen MR) is 94.5 cm³/mol. The molecule has 1 aromatic rings. The molecule has 0 aromatic heterocycles. The molecule has 0 unspecified atom stereocenters. The summed E-state index contributed by atoms with van der Waals surface area (Å²) in [6.45, 7) is -0.813. The molecule has 1 amide bonds. The molecular weight excluding hydrogens is 366 g/mol. The summed E-state index contributed by atoms with van der Waals surface area (Å²) in [6, 6.07) is 4.92. The SMILES string of the molecule is COC(=O)[C@H](Cc1ccc(OC)cc1)N(C[B-](F)(F)F)C(=O)OC(C)(C)C. The lowest BCUT2D eigenvalue weighted by Crippen LogP contribution is -2.53. The minimum atomic E-state index is -5.39. The van der Waals surface area contributed by atoms with Crippen LogP contribution >= 0.6 is 0 Å². The topological polar surface area (TPSA) is 65.1 Å². The van der Waals surface area contributed by atoms with Crippen LogP contribution in [0, 0.1) is 0 Å². The molecular formula is C17H24BF3NO5-. The summed E-state index contributed by atoms with van der Waals surface area (Å²) in [5, 5.41) is 0. The predicted octanol–water partition coefficient (Wildman–Crippen LogP) is 3.40. The van der Waals surface area contributed by atoms with Crippen molar-refractivity contribution in [1.82, 2.24) is 4.90 Å². The normalized spacial score (nSPS) is 12.9. The molecule has 152 valence electrons. The van der Waals surface area contributed by atoms with Crippen LogP contribution in [0.3, 0.4) is 0 Å². The van der Waals surface area contributed by atoms with E-state index in [1.165, 1.54) is 27.9 Å². The number of amides is 1. The Hall–Kier alpha value is -2.39. The van der Waals surface area contributed by atoms with Gasteiger partial charge < -0.3 is 32.1 Å².